The Hall–Kier alpha value is -1.89. The molecule has 0 saturated carbocycles. The first-order chi connectivity index (χ1) is 21.2. The van der Waals surface area contributed by atoms with E-state index in [0.717, 1.165) is 25.7 Å². The molecule has 0 radical (unpaired) electrons. The molecule has 0 aromatic heterocycles. The van der Waals surface area contributed by atoms with Gasteiger partial charge < -0.3 is 19.8 Å². The summed E-state index contributed by atoms with van der Waals surface area (Å²) in [6.07, 6.45) is 27.5. The van der Waals surface area contributed by atoms with Crippen molar-refractivity contribution < 1.29 is 34.2 Å². The molecule has 0 rings (SSSR count). The molecule has 3 atom stereocenters. The molecule has 44 heavy (non-hydrogen) atoms. The second-order valence-corrected chi connectivity index (χ2v) is 13.4. The van der Waals surface area contributed by atoms with Gasteiger partial charge in [-0.3, -0.25) is 14.4 Å². The molecule has 0 aromatic rings. The topological polar surface area (TPSA) is 112 Å². The Labute approximate surface area is 270 Å². The average molecular weight is 625 g/mol. The molecule has 7 nitrogen and oxygen atoms in total. The molecule has 0 spiro atoms. The molecule has 0 heterocycles. The molecule has 3 N–H and O–H groups in total. The third kappa shape index (κ3) is 21.0. The monoisotopic (exact) mass is 625 g/mol. The van der Waals surface area contributed by atoms with Gasteiger partial charge in [0.2, 0.25) is 0 Å². The lowest BCUT2D eigenvalue weighted by Gasteiger charge is -2.43. The maximum absolute atomic E-state index is 12.0. The van der Waals surface area contributed by atoms with E-state index in [1.54, 1.807) is 0 Å². The number of carbonyl (C=O) groups is 3. The van der Waals surface area contributed by atoms with Gasteiger partial charge in [-0.25, -0.2) is 0 Å². The molecule has 3 unspecified atom stereocenters. The fourth-order valence-electron chi connectivity index (χ4n) is 6.61. The van der Waals surface area contributed by atoms with Crippen molar-refractivity contribution in [3.63, 3.8) is 0 Å². The van der Waals surface area contributed by atoms with Crippen molar-refractivity contribution in [2.75, 3.05) is 26.2 Å². The van der Waals surface area contributed by atoms with E-state index < -0.39 is 35.7 Å². The van der Waals surface area contributed by atoms with Crippen molar-refractivity contribution in [1.29, 1.82) is 0 Å². The maximum atomic E-state index is 12.0. The van der Waals surface area contributed by atoms with E-state index in [1.165, 1.54) is 96.3 Å². The van der Waals surface area contributed by atoms with E-state index in [9.17, 15) is 29.7 Å². The standard InChI is InChI=1S/C37H69NO6/c1-5-9-10-11-12-13-14-15-16-17-18-19-20-21-22-23-24-25-26-27-28-38(29-32(6-2)35(39)40,30-33(7-3)36(41)42)31-34(8-4)37(43)44/h5,32-34H,1,6-31H2,2-4H3,(H2-,39,40,41,42,43,44)/p+1. The Bertz CT molecular complexity index is 694. The smallest absolute Gasteiger partial charge is 0.312 e. The number of carboxylic acids is 3. The predicted molar refractivity (Wildman–Crippen MR) is 182 cm³/mol. The Morgan fingerprint density at radius 1 is 0.500 bits per heavy atom. The van der Waals surface area contributed by atoms with Crippen molar-refractivity contribution in [2.24, 2.45) is 17.8 Å². The summed E-state index contributed by atoms with van der Waals surface area (Å²) in [6.45, 7) is 10.8. The lowest BCUT2D eigenvalue weighted by molar-refractivity contribution is -0.935. The summed E-state index contributed by atoms with van der Waals surface area (Å²) >= 11 is 0. The number of aliphatic carboxylic acids is 3. The molecular weight excluding hydrogens is 554 g/mol. The maximum Gasteiger partial charge on any atom is 0.312 e. The fourth-order valence-corrected chi connectivity index (χ4v) is 6.61. The van der Waals surface area contributed by atoms with Gasteiger partial charge >= 0.3 is 17.9 Å². The van der Waals surface area contributed by atoms with Gasteiger partial charge in [-0.2, -0.15) is 0 Å². The zero-order valence-corrected chi connectivity index (χ0v) is 28.9. The number of hydrogen-bond donors (Lipinski definition) is 3. The van der Waals surface area contributed by atoms with E-state index in [4.69, 9.17) is 0 Å². The zero-order valence-electron chi connectivity index (χ0n) is 28.9. The number of allylic oxidation sites excluding steroid dienone is 1. The Morgan fingerprint density at radius 3 is 0.977 bits per heavy atom. The highest BCUT2D eigenvalue weighted by Gasteiger charge is 2.40. The van der Waals surface area contributed by atoms with E-state index in [0.29, 0.717) is 25.8 Å². The van der Waals surface area contributed by atoms with Gasteiger partial charge in [0.1, 0.15) is 17.8 Å². The highest BCUT2D eigenvalue weighted by Crippen LogP contribution is 2.25. The molecule has 0 aliphatic rings. The SMILES string of the molecule is C=CCCCCCCCCCCCCCCCCCCCC[N+](CC(CC)C(=O)O)(CC(CC)C(=O)O)CC(CC)C(=O)O. The van der Waals surface area contributed by atoms with E-state index in [-0.39, 0.29) is 24.1 Å². The van der Waals surface area contributed by atoms with Crippen LogP contribution in [0.15, 0.2) is 12.7 Å². The van der Waals surface area contributed by atoms with Crippen LogP contribution in [0.1, 0.15) is 162 Å². The van der Waals surface area contributed by atoms with Crippen LogP contribution in [0.25, 0.3) is 0 Å². The summed E-state index contributed by atoms with van der Waals surface area (Å²) in [5.41, 5.74) is 0. The summed E-state index contributed by atoms with van der Waals surface area (Å²) < 4.78 is 0.260. The van der Waals surface area contributed by atoms with Crippen LogP contribution >= 0.6 is 0 Å². The number of nitrogens with zero attached hydrogens (tertiary/aromatic N) is 1. The minimum absolute atomic E-state index is 0.260. The largest absolute Gasteiger partial charge is 0.481 e. The minimum Gasteiger partial charge on any atom is -0.481 e. The Balaban J connectivity index is 4.51. The second kappa shape index (κ2) is 27.4. The van der Waals surface area contributed by atoms with Crippen LogP contribution < -0.4 is 0 Å². The van der Waals surface area contributed by atoms with Gasteiger partial charge in [0.05, 0.1) is 26.2 Å². The number of unbranched alkanes of at least 4 members (excludes halogenated alkanes) is 18. The summed E-state index contributed by atoms with van der Waals surface area (Å²) in [5.74, 6) is -4.51. The van der Waals surface area contributed by atoms with Crippen LogP contribution in [0.5, 0.6) is 0 Å². The molecule has 0 fully saturated rings. The van der Waals surface area contributed by atoms with Crippen molar-refractivity contribution in [3.8, 4) is 0 Å². The second-order valence-electron chi connectivity index (χ2n) is 13.4. The van der Waals surface area contributed by atoms with Crippen LogP contribution in [0.2, 0.25) is 0 Å². The van der Waals surface area contributed by atoms with E-state index >= 15 is 0 Å². The lowest BCUT2D eigenvalue weighted by Crippen LogP contribution is -2.58. The number of hydrogen-bond acceptors (Lipinski definition) is 3. The quantitative estimate of drug-likeness (QED) is 0.0381. The van der Waals surface area contributed by atoms with Crippen LogP contribution in [-0.2, 0) is 14.4 Å². The molecule has 0 saturated heterocycles. The Kier molecular flexibility index (Phi) is 26.2. The summed E-state index contributed by atoms with van der Waals surface area (Å²) in [5, 5.41) is 29.5. The van der Waals surface area contributed by atoms with Gasteiger partial charge in [-0.05, 0) is 44.9 Å². The summed E-state index contributed by atoms with van der Waals surface area (Å²) in [4.78, 5) is 36.0. The molecule has 0 amide bonds. The molecule has 0 aliphatic heterocycles. The van der Waals surface area contributed by atoms with E-state index in [1.807, 2.05) is 26.8 Å². The fraction of sp³-hybridized carbons (Fsp3) is 0.865. The first-order valence-corrected chi connectivity index (χ1v) is 18.3. The molecule has 0 bridgehead atoms. The van der Waals surface area contributed by atoms with Crippen molar-refractivity contribution in [1.82, 2.24) is 0 Å². The van der Waals surface area contributed by atoms with Gasteiger partial charge in [0.15, 0.2) is 0 Å². The zero-order chi connectivity index (χ0) is 33.1. The third-order valence-corrected chi connectivity index (χ3v) is 9.64. The predicted octanol–water partition coefficient (Wildman–Crippen LogP) is 9.73. The normalized spacial score (nSPS) is 14.9. The summed E-state index contributed by atoms with van der Waals surface area (Å²) in [6, 6.07) is 0. The van der Waals surface area contributed by atoms with Crippen LogP contribution in [0.4, 0.5) is 0 Å². The third-order valence-electron chi connectivity index (χ3n) is 9.64. The van der Waals surface area contributed by atoms with Gasteiger partial charge in [-0.15, -0.1) is 6.58 Å². The minimum atomic E-state index is -0.886. The molecule has 7 heteroatoms. The van der Waals surface area contributed by atoms with Crippen LogP contribution in [-0.4, -0.2) is 63.9 Å². The molecule has 0 aromatic carbocycles. The van der Waals surface area contributed by atoms with Crippen LogP contribution in [0.3, 0.4) is 0 Å². The van der Waals surface area contributed by atoms with Crippen molar-refractivity contribution >= 4 is 17.9 Å². The van der Waals surface area contributed by atoms with E-state index in [2.05, 4.69) is 6.58 Å². The van der Waals surface area contributed by atoms with Gasteiger partial charge in [0, 0.05) is 0 Å². The van der Waals surface area contributed by atoms with Crippen LogP contribution in [0, 0.1) is 17.8 Å². The first-order valence-electron chi connectivity index (χ1n) is 18.3. The lowest BCUT2D eigenvalue weighted by atomic mass is 9.95. The molecular formula is C37H70NO6+. The van der Waals surface area contributed by atoms with Crippen molar-refractivity contribution in [2.45, 2.75) is 162 Å². The van der Waals surface area contributed by atoms with Gasteiger partial charge in [0.25, 0.3) is 0 Å². The molecule has 0 aliphatic carbocycles. The highest BCUT2D eigenvalue weighted by molar-refractivity contribution is 5.71. The first kappa shape index (κ1) is 42.1. The number of quaternary nitrogens is 1. The Morgan fingerprint density at radius 2 is 0.750 bits per heavy atom. The molecule has 258 valence electrons. The number of carboxylic acid groups (broad SMARTS) is 3. The highest BCUT2D eigenvalue weighted by atomic mass is 16.4. The summed E-state index contributed by atoms with van der Waals surface area (Å²) in [7, 11) is 0. The van der Waals surface area contributed by atoms with Crippen molar-refractivity contribution in [3.05, 3.63) is 12.7 Å². The number of rotatable bonds is 33. The van der Waals surface area contributed by atoms with Gasteiger partial charge in [-0.1, -0.05) is 123 Å². The average Bonchev–Trinajstić information content (AvgIpc) is 2.99.